The maximum absolute atomic E-state index is 13.3. The second kappa shape index (κ2) is 5.86. The lowest BCUT2D eigenvalue weighted by Gasteiger charge is -2.17. The molecule has 0 aliphatic heterocycles. The maximum atomic E-state index is 13.3. The molecule has 2 heterocycles. The standard InChI is InChI=1S/C17H16F3N3O3/c1-16(2,3)26-15(25)22-14-13-10-6-9(24)7-12(17(18,19)20)11(10)8-23(13)5-4-21-14/h4-5,7-8H,6H2,1-3H3,(H,21,22,25)/p+1. The first kappa shape index (κ1) is 18.0. The van der Waals surface area contributed by atoms with E-state index in [0.717, 1.165) is 0 Å². The van der Waals surface area contributed by atoms with Crippen LogP contribution >= 0.6 is 0 Å². The van der Waals surface area contributed by atoms with Crippen molar-refractivity contribution in [3.05, 3.63) is 35.8 Å². The number of nitrogens with one attached hydrogen (secondary N) is 2. The van der Waals surface area contributed by atoms with Crippen LogP contribution in [0.1, 0.15) is 31.9 Å². The minimum absolute atomic E-state index is 0.0797. The molecular weight excluding hydrogens is 351 g/mol. The number of rotatable bonds is 1. The number of carbonyl (C=O) groups is 2. The van der Waals surface area contributed by atoms with Gasteiger partial charge in [0.25, 0.3) is 0 Å². The Morgan fingerprint density at radius 1 is 1.31 bits per heavy atom. The molecule has 1 amide bonds. The number of allylic oxidation sites excluding steroid dienone is 2. The van der Waals surface area contributed by atoms with Crippen LogP contribution in [0.3, 0.4) is 0 Å². The summed E-state index contributed by atoms with van der Waals surface area (Å²) in [5.41, 5.74) is -1.32. The molecule has 9 heteroatoms. The van der Waals surface area contributed by atoms with E-state index in [1.165, 1.54) is 23.0 Å². The Morgan fingerprint density at radius 3 is 2.62 bits per heavy atom. The fourth-order valence-corrected chi connectivity index (χ4v) is 2.84. The largest absolute Gasteiger partial charge is 0.505 e. The Balaban J connectivity index is 2.10. The zero-order chi connectivity index (χ0) is 19.3. The highest BCUT2D eigenvalue weighted by Crippen LogP contribution is 2.40. The summed E-state index contributed by atoms with van der Waals surface area (Å²) < 4.78 is 46.5. The number of hydrogen-bond donors (Lipinski definition) is 1. The van der Waals surface area contributed by atoms with Gasteiger partial charge in [0.2, 0.25) is 0 Å². The Kier molecular flexibility index (Phi) is 4.05. The predicted octanol–water partition coefficient (Wildman–Crippen LogP) is 3.17. The van der Waals surface area contributed by atoms with Crippen molar-refractivity contribution < 1.29 is 32.5 Å². The van der Waals surface area contributed by atoms with Gasteiger partial charge >= 0.3 is 18.1 Å². The second-order valence-electron chi connectivity index (χ2n) is 6.94. The molecule has 0 saturated carbocycles. The molecule has 0 fully saturated rings. The van der Waals surface area contributed by atoms with Crippen molar-refractivity contribution in [1.82, 2.24) is 4.40 Å². The highest BCUT2D eigenvalue weighted by atomic mass is 19.4. The lowest BCUT2D eigenvalue weighted by atomic mass is 9.92. The molecule has 138 valence electrons. The number of halogens is 3. The molecule has 2 aromatic rings. The Hall–Kier alpha value is -2.84. The van der Waals surface area contributed by atoms with Gasteiger partial charge in [0.1, 0.15) is 17.3 Å². The first-order valence-electron chi connectivity index (χ1n) is 7.82. The molecule has 0 aromatic carbocycles. The average molecular weight is 368 g/mol. The van der Waals surface area contributed by atoms with Crippen molar-refractivity contribution >= 4 is 28.8 Å². The molecule has 0 spiro atoms. The summed E-state index contributed by atoms with van der Waals surface area (Å²) >= 11 is 0. The van der Waals surface area contributed by atoms with Gasteiger partial charge in [-0.05, 0) is 26.8 Å². The summed E-state index contributed by atoms with van der Waals surface area (Å²) in [5, 5.41) is 2.50. The van der Waals surface area contributed by atoms with E-state index in [1.54, 1.807) is 20.8 Å². The van der Waals surface area contributed by atoms with E-state index in [0.29, 0.717) is 6.08 Å². The van der Waals surface area contributed by atoms with Crippen LogP contribution in [0.25, 0.3) is 11.1 Å². The number of nitrogens with zero attached hydrogens (tertiary/aromatic N) is 1. The molecule has 0 unspecified atom stereocenters. The monoisotopic (exact) mass is 368 g/mol. The van der Waals surface area contributed by atoms with Gasteiger partial charge in [0.05, 0.1) is 5.57 Å². The molecule has 3 rings (SSSR count). The summed E-state index contributed by atoms with van der Waals surface area (Å²) in [6.45, 7) is 5.07. The molecular formula is C17H17F3N3O3+. The van der Waals surface area contributed by atoms with Gasteiger partial charge in [0.15, 0.2) is 5.78 Å². The minimum Gasteiger partial charge on any atom is -0.426 e. The fourth-order valence-electron chi connectivity index (χ4n) is 2.84. The third kappa shape index (κ3) is 3.42. The van der Waals surface area contributed by atoms with Gasteiger partial charge < -0.3 is 9.14 Å². The number of carbonyl (C=O) groups excluding carboxylic acids is 2. The van der Waals surface area contributed by atoms with Gasteiger partial charge in [-0.15, -0.1) is 0 Å². The number of aromatic amines is 1. The Morgan fingerprint density at radius 2 is 2.00 bits per heavy atom. The number of hydrogen-bond acceptors (Lipinski definition) is 3. The smallest absolute Gasteiger partial charge is 0.426 e. The highest BCUT2D eigenvalue weighted by Gasteiger charge is 2.40. The van der Waals surface area contributed by atoms with E-state index in [1.807, 2.05) is 0 Å². The summed E-state index contributed by atoms with van der Waals surface area (Å²) in [4.78, 5) is 26.7. The average Bonchev–Trinajstić information content (AvgIpc) is 2.82. The van der Waals surface area contributed by atoms with E-state index in [4.69, 9.17) is 4.74 Å². The minimum atomic E-state index is -4.65. The van der Waals surface area contributed by atoms with Gasteiger partial charge in [0, 0.05) is 29.9 Å². The lowest BCUT2D eigenvalue weighted by molar-refractivity contribution is -0.360. The van der Waals surface area contributed by atoms with Crippen LogP contribution in [0.4, 0.5) is 23.8 Å². The van der Waals surface area contributed by atoms with Crippen molar-refractivity contribution in [1.29, 1.82) is 0 Å². The number of H-pyrrole nitrogens is 1. The third-order valence-electron chi connectivity index (χ3n) is 3.71. The van der Waals surface area contributed by atoms with Crippen LogP contribution in [0, 0.1) is 0 Å². The van der Waals surface area contributed by atoms with Crippen LogP contribution in [0.2, 0.25) is 0 Å². The van der Waals surface area contributed by atoms with E-state index >= 15 is 0 Å². The Bertz CT molecular complexity index is 936. The van der Waals surface area contributed by atoms with Crippen molar-refractivity contribution in [3.63, 3.8) is 0 Å². The second-order valence-corrected chi connectivity index (χ2v) is 6.94. The summed E-state index contributed by atoms with van der Waals surface area (Å²) in [6.07, 6.45) is -0.719. The molecule has 2 aromatic heterocycles. The molecule has 1 aliphatic rings. The van der Waals surface area contributed by atoms with E-state index in [-0.39, 0.29) is 28.9 Å². The summed E-state index contributed by atoms with van der Waals surface area (Å²) in [6, 6.07) is 0. The van der Waals surface area contributed by atoms with Crippen molar-refractivity contribution in [2.75, 3.05) is 5.32 Å². The third-order valence-corrected chi connectivity index (χ3v) is 3.71. The van der Waals surface area contributed by atoms with Crippen LogP contribution in [0.5, 0.6) is 0 Å². The number of ketones is 1. The normalized spacial score (nSPS) is 14.8. The Labute approximate surface area is 146 Å². The lowest BCUT2D eigenvalue weighted by Crippen LogP contribution is -2.29. The quantitative estimate of drug-likeness (QED) is 0.840. The molecule has 1 aliphatic carbocycles. The van der Waals surface area contributed by atoms with Crippen LogP contribution in [-0.2, 0) is 16.0 Å². The van der Waals surface area contributed by atoms with Gasteiger partial charge in [-0.1, -0.05) is 0 Å². The zero-order valence-corrected chi connectivity index (χ0v) is 14.3. The number of alkyl halides is 3. The van der Waals surface area contributed by atoms with E-state index in [9.17, 15) is 22.8 Å². The first-order valence-corrected chi connectivity index (χ1v) is 7.82. The molecule has 0 radical (unpaired) electrons. The molecule has 0 bridgehead atoms. The summed E-state index contributed by atoms with van der Waals surface area (Å²) in [7, 11) is 0. The number of amides is 1. The van der Waals surface area contributed by atoms with E-state index < -0.39 is 29.2 Å². The predicted molar refractivity (Wildman–Crippen MR) is 86.6 cm³/mol. The SMILES string of the molecule is CC(C)(C)OC(=O)Nc1[nH+]ccn2cc3c(c12)CC(=O)C=C3C(F)(F)F. The molecule has 0 atom stereocenters. The van der Waals surface area contributed by atoms with Gasteiger partial charge in [-0.2, -0.15) is 23.3 Å². The molecule has 6 nitrogen and oxygen atoms in total. The summed E-state index contributed by atoms with van der Waals surface area (Å²) in [5.74, 6) is -0.496. The molecule has 0 saturated heterocycles. The molecule has 2 N–H and O–H groups in total. The zero-order valence-electron chi connectivity index (χ0n) is 14.3. The molecule has 26 heavy (non-hydrogen) atoms. The highest BCUT2D eigenvalue weighted by molar-refractivity contribution is 6.05. The van der Waals surface area contributed by atoms with Crippen molar-refractivity contribution in [2.45, 2.75) is 39.0 Å². The number of fused-ring (bicyclic) bond motifs is 3. The number of anilines is 1. The number of aromatic nitrogens is 2. The van der Waals surface area contributed by atoms with Gasteiger partial charge in [-0.3, -0.25) is 4.79 Å². The number of ether oxygens (including phenoxy) is 1. The topological polar surface area (TPSA) is 73.9 Å². The fraction of sp³-hybridized carbons (Fsp3) is 0.353. The van der Waals surface area contributed by atoms with Crippen molar-refractivity contribution in [2.24, 2.45) is 0 Å². The van der Waals surface area contributed by atoms with Crippen LogP contribution < -0.4 is 10.3 Å². The van der Waals surface area contributed by atoms with Crippen LogP contribution in [-0.4, -0.2) is 28.1 Å². The van der Waals surface area contributed by atoms with Crippen molar-refractivity contribution in [3.8, 4) is 0 Å². The van der Waals surface area contributed by atoms with E-state index in [2.05, 4.69) is 10.3 Å². The van der Waals surface area contributed by atoms with Crippen LogP contribution in [0.15, 0.2) is 24.7 Å². The first-order chi connectivity index (χ1) is 12.0. The maximum Gasteiger partial charge on any atom is 0.505 e. The van der Waals surface area contributed by atoms with Gasteiger partial charge in [-0.25, -0.2) is 4.98 Å².